The highest BCUT2D eigenvalue weighted by Gasteiger charge is 2.35. The Kier molecular flexibility index (Phi) is 6.15. The molecule has 214 valence electrons. The van der Waals surface area contributed by atoms with Crippen molar-refractivity contribution in [3.8, 4) is 22.4 Å². The third kappa shape index (κ3) is 4.37. The normalized spacial score (nSPS) is 12.7. The predicted octanol–water partition coefficient (Wildman–Crippen LogP) is 6.12. The minimum absolute atomic E-state index is 0.0937. The summed E-state index contributed by atoms with van der Waals surface area (Å²) in [4.78, 5) is 32.3. The van der Waals surface area contributed by atoms with Crippen molar-refractivity contribution in [3.63, 3.8) is 0 Å². The maximum absolute atomic E-state index is 15.2. The summed E-state index contributed by atoms with van der Waals surface area (Å²) in [6, 6.07) is 14.5. The van der Waals surface area contributed by atoms with E-state index < -0.39 is 5.82 Å². The van der Waals surface area contributed by atoms with Gasteiger partial charge in [0.05, 0.1) is 29.0 Å². The van der Waals surface area contributed by atoms with Crippen molar-refractivity contribution < 1.29 is 9.18 Å². The van der Waals surface area contributed by atoms with Gasteiger partial charge in [-0.3, -0.25) is 9.48 Å². The van der Waals surface area contributed by atoms with Crippen LogP contribution in [0, 0.1) is 19.7 Å². The van der Waals surface area contributed by atoms with Crippen LogP contribution in [0.2, 0.25) is 0 Å². The molecule has 1 aliphatic rings. The molecule has 0 bridgehead atoms. The van der Waals surface area contributed by atoms with Gasteiger partial charge < -0.3 is 20.5 Å². The van der Waals surface area contributed by atoms with Crippen molar-refractivity contribution in [1.29, 1.82) is 0 Å². The van der Waals surface area contributed by atoms with Gasteiger partial charge in [-0.1, -0.05) is 18.2 Å². The first kappa shape index (κ1) is 26.3. The molecular weight excluding hydrogens is 545 g/mol. The number of aromatic amines is 1. The number of nitrogens with zero attached hydrogens (tertiary/aromatic N) is 6. The Labute approximate surface area is 246 Å². The zero-order chi connectivity index (χ0) is 29.8. The van der Waals surface area contributed by atoms with Gasteiger partial charge in [-0.2, -0.15) is 5.10 Å². The Hall–Kier alpha value is -5.58. The fourth-order valence-corrected chi connectivity index (χ4v) is 5.65. The number of fused-ring (bicyclic) bond motifs is 2. The number of nitrogens with one attached hydrogen (secondary N) is 3. The standard InChI is InChI=1S/C32H28FN9O/c1-17-14-37-32(38-27-12-18(2)41(4)40-27)39-29(17)22-15-36-30-21(22)6-5-7-25(30)42-16-23-20(8-9-24(33)28(23)31(42)43)19-10-11-35-26(13-19)34-3/h5-15,36H,16H2,1-4H3,(H,34,35)(H,37,38,39,40). The Morgan fingerprint density at radius 1 is 1.02 bits per heavy atom. The van der Waals surface area contributed by atoms with Crippen molar-refractivity contribution in [2.75, 3.05) is 22.6 Å². The van der Waals surface area contributed by atoms with Gasteiger partial charge >= 0.3 is 0 Å². The summed E-state index contributed by atoms with van der Waals surface area (Å²) >= 11 is 0. The summed E-state index contributed by atoms with van der Waals surface area (Å²) in [5, 5.41) is 11.5. The van der Waals surface area contributed by atoms with E-state index in [9.17, 15) is 4.79 Å². The van der Waals surface area contributed by atoms with Gasteiger partial charge in [0.25, 0.3) is 5.91 Å². The van der Waals surface area contributed by atoms with Crippen LogP contribution in [-0.2, 0) is 13.6 Å². The summed E-state index contributed by atoms with van der Waals surface area (Å²) in [7, 11) is 3.67. The predicted molar refractivity (Wildman–Crippen MR) is 165 cm³/mol. The van der Waals surface area contributed by atoms with Crippen LogP contribution in [0.5, 0.6) is 0 Å². The molecule has 2 aromatic carbocycles. The minimum atomic E-state index is -0.534. The SMILES string of the molecule is CNc1cc(-c2ccc(F)c3c2CN(c2cccc4c(-c5nc(Nc6cc(C)n(C)n6)ncc5C)c[nH]c24)C3=O)ccn1. The van der Waals surface area contributed by atoms with E-state index in [2.05, 4.69) is 30.7 Å². The summed E-state index contributed by atoms with van der Waals surface area (Å²) < 4.78 is 16.9. The van der Waals surface area contributed by atoms with Crippen molar-refractivity contribution in [2.24, 2.45) is 7.05 Å². The molecule has 0 fully saturated rings. The smallest absolute Gasteiger partial charge is 0.262 e. The van der Waals surface area contributed by atoms with Gasteiger partial charge in [0.1, 0.15) is 11.6 Å². The van der Waals surface area contributed by atoms with E-state index >= 15 is 4.39 Å². The lowest BCUT2D eigenvalue weighted by molar-refractivity contribution is 0.0993. The Balaban J connectivity index is 1.27. The highest BCUT2D eigenvalue weighted by molar-refractivity contribution is 6.15. The van der Waals surface area contributed by atoms with Gasteiger partial charge in [0.2, 0.25) is 5.95 Å². The molecule has 0 atom stereocenters. The molecule has 5 heterocycles. The number of H-pyrrole nitrogens is 1. The van der Waals surface area contributed by atoms with Crippen LogP contribution in [0.1, 0.15) is 27.2 Å². The number of carbonyl (C=O) groups is 1. The second-order valence-corrected chi connectivity index (χ2v) is 10.6. The molecule has 3 N–H and O–H groups in total. The highest BCUT2D eigenvalue weighted by Crippen LogP contribution is 2.41. The second-order valence-electron chi connectivity index (χ2n) is 10.6. The van der Waals surface area contributed by atoms with Crippen LogP contribution in [0.4, 0.5) is 27.7 Å². The second kappa shape index (κ2) is 10.1. The summed E-state index contributed by atoms with van der Waals surface area (Å²) in [5.74, 6) is 0.858. The molecule has 0 saturated carbocycles. The van der Waals surface area contributed by atoms with Crippen LogP contribution in [0.25, 0.3) is 33.3 Å². The molecule has 10 nitrogen and oxygen atoms in total. The largest absolute Gasteiger partial charge is 0.373 e. The quantitative estimate of drug-likeness (QED) is 0.220. The first-order valence-electron chi connectivity index (χ1n) is 13.8. The average molecular weight is 574 g/mol. The van der Waals surface area contributed by atoms with Gasteiger partial charge in [-0.05, 0) is 60.4 Å². The molecule has 1 aliphatic heterocycles. The number of para-hydroxylation sites is 1. The van der Waals surface area contributed by atoms with E-state index in [1.165, 1.54) is 6.07 Å². The summed E-state index contributed by atoms with van der Waals surface area (Å²) in [6.07, 6.45) is 5.35. The lowest BCUT2D eigenvalue weighted by Crippen LogP contribution is -2.23. The average Bonchev–Trinajstić information content (AvgIpc) is 3.69. The highest BCUT2D eigenvalue weighted by atomic mass is 19.1. The number of benzene rings is 2. The van der Waals surface area contributed by atoms with Crippen molar-refractivity contribution in [1.82, 2.24) is 29.7 Å². The monoisotopic (exact) mass is 573 g/mol. The molecule has 0 radical (unpaired) electrons. The van der Waals surface area contributed by atoms with Crippen LogP contribution < -0.4 is 15.5 Å². The van der Waals surface area contributed by atoms with Crippen molar-refractivity contribution >= 4 is 40.1 Å². The molecule has 11 heteroatoms. The molecular formula is C32H28FN9O. The first-order chi connectivity index (χ1) is 20.8. The number of aromatic nitrogens is 6. The molecule has 0 aliphatic carbocycles. The fourth-order valence-electron chi connectivity index (χ4n) is 5.65. The van der Waals surface area contributed by atoms with Gasteiger partial charge in [0.15, 0.2) is 5.82 Å². The number of anilines is 4. The number of rotatable bonds is 6. The zero-order valence-electron chi connectivity index (χ0n) is 24.0. The Bertz CT molecular complexity index is 2040. The summed E-state index contributed by atoms with van der Waals surface area (Å²) in [6.45, 7) is 4.16. The van der Waals surface area contributed by atoms with Crippen LogP contribution in [0.3, 0.4) is 0 Å². The molecule has 0 unspecified atom stereocenters. The van der Waals surface area contributed by atoms with Crippen LogP contribution in [0.15, 0.2) is 67.1 Å². The van der Waals surface area contributed by atoms with Gasteiger partial charge in [-0.15, -0.1) is 0 Å². The Morgan fingerprint density at radius 3 is 2.67 bits per heavy atom. The number of amides is 1. The number of aryl methyl sites for hydroxylation is 3. The minimum Gasteiger partial charge on any atom is -0.373 e. The van der Waals surface area contributed by atoms with Crippen LogP contribution >= 0.6 is 0 Å². The number of halogens is 1. The maximum Gasteiger partial charge on any atom is 0.262 e. The van der Waals surface area contributed by atoms with E-state index in [1.54, 1.807) is 35.1 Å². The molecule has 43 heavy (non-hydrogen) atoms. The van der Waals surface area contributed by atoms with Crippen molar-refractivity contribution in [3.05, 3.63) is 95.3 Å². The Morgan fingerprint density at radius 2 is 1.88 bits per heavy atom. The lowest BCUT2D eigenvalue weighted by atomic mass is 9.97. The van der Waals surface area contributed by atoms with Crippen molar-refractivity contribution in [2.45, 2.75) is 20.4 Å². The fraction of sp³-hybridized carbons (Fsp3) is 0.156. The molecule has 4 aromatic heterocycles. The maximum atomic E-state index is 15.2. The zero-order valence-corrected chi connectivity index (χ0v) is 24.0. The first-order valence-corrected chi connectivity index (χ1v) is 13.8. The van der Waals surface area contributed by atoms with E-state index in [0.717, 1.165) is 44.5 Å². The molecule has 0 spiro atoms. The third-order valence-electron chi connectivity index (χ3n) is 7.93. The number of carbonyl (C=O) groups excluding carboxylic acids is 1. The number of hydrogen-bond donors (Lipinski definition) is 3. The van der Waals surface area contributed by atoms with E-state index in [4.69, 9.17) is 4.98 Å². The van der Waals surface area contributed by atoms with Crippen LogP contribution in [-0.4, -0.2) is 42.7 Å². The molecule has 6 aromatic rings. The summed E-state index contributed by atoms with van der Waals surface area (Å²) in [5.41, 5.74) is 7.33. The van der Waals surface area contributed by atoms with E-state index in [1.807, 2.05) is 63.5 Å². The van der Waals surface area contributed by atoms with E-state index in [-0.39, 0.29) is 18.0 Å². The molecule has 0 saturated heterocycles. The lowest BCUT2D eigenvalue weighted by Gasteiger charge is -2.17. The number of hydrogen-bond acceptors (Lipinski definition) is 7. The van der Waals surface area contributed by atoms with Gasteiger partial charge in [0, 0.05) is 55.4 Å². The van der Waals surface area contributed by atoms with E-state index in [0.29, 0.717) is 28.8 Å². The molecule has 7 rings (SSSR count). The third-order valence-corrected chi connectivity index (χ3v) is 7.93. The molecule has 1 amide bonds. The van der Waals surface area contributed by atoms with Gasteiger partial charge in [-0.25, -0.2) is 19.3 Å². The topological polar surface area (TPSA) is 117 Å². The number of pyridine rings is 1.